The van der Waals surface area contributed by atoms with Gasteiger partial charge in [-0.3, -0.25) is 4.72 Å². The molecule has 2 N–H and O–H groups in total. The van der Waals surface area contributed by atoms with Gasteiger partial charge in [0.1, 0.15) is 0 Å². The third kappa shape index (κ3) is 5.04. The first-order valence-electron chi connectivity index (χ1n) is 7.38. The Kier molecular flexibility index (Phi) is 5.29. The maximum Gasteiger partial charge on any atom is 0.229 e. The van der Waals surface area contributed by atoms with E-state index in [1.54, 1.807) is 6.07 Å². The van der Waals surface area contributed by atoms with E-state index in [1.807, 2.05) is 18.2 Å². The van der Waals surface area contributed by atoms with Gasteiger partial charge in [0.25, 0.3) is 0 Å². The van der Waals surface area contributed by atoms with E-state index >= 15 is 0 Å². The van der Waals surface area contributed by atoms with Crippen molar-refractivity contribution in [1.29, 1.82) is 0 Å². The first kappa shape index (κ1) is 15.2. The Bertz CT molecular complexity index is 520. The molecule has 1 aromatic rings. The van der Waals surface area contributed by atoms with E-state index in [9.17, 15) is 8.42 Å². The smallest absolute Gasteiger partial charge is 0.229 e. The molecule has 0 spiro atoms. The SMILES string of the molecule is CS(=O)(=O)Nc1ccccc1NC1CCCCCCC1. The van der Waals surface area contributed by atoms with Crippen molar-refractivity contribution in [2.45, 2.75) is 51.0 Å². The number of nitrogens with one attached hydrogen (secondary N) is 2. The lowest BCUT2D eigenvalue weighted by atomic mass is 9.96. The maximum absolute atomic E-state index is 11.4. The summed E-state index contributed by atoms with van der Waals surface area (Å²) in [6.45, 7) is 0. The van der Waals surface area contributed by atoms with Gasteiger partial charge in [-0.05, 0) is 25.0 Å². The summed E-state index contributed by atoms with van der Waals surface area (Å²) in [5, 5.41) is 3.51. The molecule has 0 amide bonds. The summed E-state index contributed by atoms with van der Waals surface area (Å²) >= 11 is 0. The molecule has 0 heterocycles. The number of para-hydroxylation sites is 2. The van der Waals surface area contributed by atoms with Gasteiger partial charge in [-0.2, -0.15) is 0 Å². The fourth-order valence-corrected chi connectivity index (χ4v) is 3.30. The molecular formula is C15H24N2O2S. The predicted molar refractivity (Wildman–Crippen MR) is 84.6 cm³/mol. The van der Waals surface area contributed by atoms with Gasteiger partial charge >= 0.3 is 0 Å². The van der Waals surface area contributed by atoms with Crippen LogP contribution in [0.4, 0.5) is 11.4 Å². The monoisotopic (exact) mass is 296 g/mol. The average Bonchev–Trinajstić information content (AvgIpc) is 2.33. The molecule has 0 saturated heterocycles. The van der Waals surface area contributed by atoms with Gasteiger partial charge in [-0.1, -0.05) is 44.2 Å². The Labute approximate surface area is 122 Å². The van der Waals surface area contributed by atoms with Gasteiger partial charge < -0.3 is 5.32 Å². The van der Waals surface area contributed by atoms with Gasteiger partial charge in [-0.25, -0.2) is 8.42 Å². The quantitative estimate of drug-likeness (QED) is 0.893. The van der Waals surface area contributed by atoms with Crippen LogP contribution in [0, 0.1) is 0 Å². The summed E-state index contributed by atoms with van der Waals surface area (Å²) in [6, 6.07) is 7.95. The zero-order valence-electron chi connectivity index (χ0n) is 12.1. The van der Waals surface area contributed by atoms with Crippen LogP contribution in [-0.4, -0.2) is 20.7 Å². The molecule has 0 aromatic heterocycles. The summed E-state index contributed by atoms with van der Waals surface area (Å²) in [4.78, 5) is 0. The van der Waals surface area contributed by atoms with Crippen molar-refractivity contribution in [3.8, 4) is 0 Å². The zero-order valence-corrected chi connectivity index (χ0v) is 12.9. The molecular weight excluding hydrogens is 272 g/mol. The molecule has 1 fully saturated rings. The largest absolute Gasteiger partial charge is 0.381 e. The number of anilines is 2. The summed E-state index contributed by atoms with van der Waals surface area (Å²) in [5.41, 5.74) is 1.51. The normalized spacial score (nSPS) is 18.1. The minimum absolute atomic E-state index is 0.442. The van der Waals surface area contributed by atoms with Crippen LogP contribution in [0.25, 0.3) is 0 Å². The molecule has 4 nitrogen and oxygen atoms in total. The molecule has 0 atom stereocenters. The first-order chi connectivity index (χ1) is 9.54. The zero-order chi connectivity index (χ0) is 14.4. The van der Waals surface area contributed by atoms with Crippen LogP contribution >= 0.6 is 0 Å². The Morgan fingerprint density at radius 1 is 0.950 bits per heavy atom. The van der Waals surface area contributed by atoms with Crippen molar-refractivity contribution in [2.75, 3.05) is 16.3 Å². The fraction of sp³-hybridized carbons (Fsp3) is 0.600. The first-order valence-corrected chi connectivity index (χ1v) is 9.27. The van der Waals surface area contributed by atoms with Gasteiger partial charge in [0, 0.05) is 6.04 Å². The molecule has 1 aliphatic carbocycles. The fourth-order valence-electron chi connectivity index (χ4n) is 2.72. The lowest BCUT2D eigenvalue weighted by Gasteiger charge is -2.23. The van der Waals surface area contributed by atoms with Crippen LogP contribution in [0.2, 0.25) is 0 Å². The molecule has 0 radical (unpaired) electrons. The van der Waals surface area contributed by atoms with Crippen molar-refractivity contribution in [1.82, 2.24) is 0 Å². The van der Waals surface area contributed by atoms with E-state index in [0.717, 1.165) is 18.5 Å². The Hall–Kier alpha value is -1.23. The number of hydrogen-bond acceptors (Lipinski definition) is 3. The van der Waals surface area contributed by atoms with E-state index in [0.29, 0.717) is 11.7 Å². The van der Waals surface area contributed by atoms with Crippen molar-refractivity contribution in [3.63, 3.8) is 0 Å². The summed E-state index contributed by atoms with van der Waals surface area (Å²) in [5.74, 6) is 0. The lowest BCUT2D eigenvalue weighted by Crippen LogP contribution is -2.22. The minimum atomic E-state index is -3.24. The van der Waals surface area contributed by atoms with Crippen LogP contribution in [0.15, 0.2) is 24.3 Å². The number of hydrogen-bond donors (Lipinski definition) is 2. The highest BCUT2D eigenvalue weighted by molar-refractivity contribution is 7.92. The Morgan fingerprint density at radius 2 is 1.50 bits per heavy atom. The van der Waals surface area contributed by atoms with E-state index in [1.165, 1.54) is 38.4 Å². The van der Waals surface area contributed by atoms with E-state index in [4.69, 9.17) is 0 Å². The second kappa shape index (κ2) is 6.97. The highest BCUT2D eigenvalue weighted by atomic mass is 32.2. The van der Waals surface area contributed by atoms with Gasteiger partial charge in [0.05, 0.1) is 17.6 Å². The molecule has 112 valence electrons. The molecule has 0 aliphatic heterocycles. The van der Waals surface area contributed by atoms with E-state index < -0.39 is 10.0 Å². The van der Waals surface area contributed by atoms with Crippen LogP contribution in [0.5, 0.6) is 0 Å². The summed E-state index contributed by atoms with van der Waals surface area (Å²) in [7, 11) is -3.24. The van der Waals surface area contributed by atoms with Gasteiger partial charge in [-0.15, -0.1) is 0 Å². The maximum atomic E-state index is 11.4. The third-order valence-electron chi connectivity index (χ3n) is 3.69. The highest BCUT2D eigenvalue weighted by Gasteiger charge is 2.13. The molecule has 1 aliphatic rings. The van der Waals surface area contributed by atoms with Crippen LogP contribution < -0.4 is 10.0 Å². The van der Waals surface area contributed by atoms with Gasteiger partial charge in [0.15, 0.2) is 0 Å². The average molecular weight is 296 g/mol. The third-order valence-corrected chi connectivity index (χ3v) is 4.28. The number of rotatable bonds is 4. The molecule has 1 aromatic carbocycles. The summed E-state index contributed by atoms with van der Waals surface area (Å²) < 4.78 is 25.4. The molecule has 5 heteroatoms. The molecule has 0 bridgehead atoms. The van der Waals surface area contributed by atoms with Crippen molar-refractivity contribution < 1.29 is 8.42 Å². The van der Waals surface area contributed by atoms with E-state index in [2.05, 4.69) is 10.0 Å². The highest BCUT2D eigenvalue weighted by Crippen LogP contribution is 2.26. The van der Waals surface area contributed by atoms with Crippen molar-refractivity contribution >= 4 is 21.4 Å². The standard InChI is InChI=1S/C15H24N2O2S/c1-20(18,19)17-15-12-8-7-11-14(15)16-13-9-5-3-2-4-6-10-13/h7-8,11-13,16-17H,2-6,9-10H2,1H3. The molecule has 0 unspecified atom stereocenters. The minimum Gasteiger partial charge on any atom is -0.381 e. The topological polar surface area (TPSA) is 58.2 Å². The Morgan fingerprint density at radius 3 is 2.10 bits per heavy atom. The number of sulfonamides is 1. The molecule has 1 saturated carbocycles. The molecule has 2 rings (SSSR count). The van der Waals surface area contributed by atoms with Crippen LogP contribution in [0.1, 0.15) is 44.9 Å². The Balaban J connectivity index is 2.07. The van der Waals surface area contributed by atoms with Crippen molar-refractivity contribution in [3.05, 3.63) is 24.3 Å². The molecule has 20 heavy (non-hydrogen) atoms. The lowest BCUT2D eigenvalue weighted by molar-refractivity contribution is 0.471. The van der Waals surface area contributed by atoms with Crippen LogP contribution in [-0.2, 0) is 10.0 Å². The van der Waals surface area contributed by atoms with Gasteiger partial charge in [0.2, 0.25) is 10.0 Å². The van der Waals surface area contributed by atoms with Crippen molar-refractivity contribution in [2.24, 2.45) is 0 Å². The van der Waals surface area contributed by atoms with E-state index in [-0.39, 0.29) is 0 Å². The number of benzene rings is 1. The predicted octanol–water partition coefficient (Wildman–Crippen LogP) is 3.58. The van der Waals surface area contributed by atoms with Crippen LogP contribution in [0.3, 0.4) is 0 Å². The second-order valence-electron chi connectivity index (χ2n) is 5.61. The second-order valence-corrected chi connectivity index (χ2v) is 7.35. The summed E-state index contributed by atoms with van der Waals surface area (Å²) in [6.07, 6.45) is 9.96.